The molecule has 2 rings (SSSR count). The molecule has 2 aromatic rings. The Balaban J connectivity index is 2.23. The van der Waals surface area contributed by atoms with Crippen LogP contribution in [0.1, 0.15) is 6.92 Å². The van der Waals surface area contributed by atoms with Gasteiger partial charge in [0.25, 0.3) is 0 Å². The summed E-state index contributed by atoms with van der Waals surface area (Å²) in [4.78, 5) is -0.115. The van der Waals surface area contributed by atoms with E-state index in [4.69, 9.17) is 8.92 Å². The molecular weight excluding hydrogens is 302 g/mol. The highest BCUT2D eigenvalue weighted by Gasteiger charge is 2.17. The second kappa shape index (κ2) is 6.09. The Morgan fingerprint density at radius 2 is 1.57 bits per heavy atom. The maximum atomic E-state index is 13.0. The van der Waals surface area contributed by atoms with Crippen molar-refractivity contribution >= 4 is 10.1 Å². The molecule has 0 aromatic heterocycles. The third-order valence-electron chi connectivity index (χ3n) is 2.52. The standard InChI is InChI=1S/C14H12F2O4S/c1-2-19-10-3-6-12(7-4-10)21(17,18)20-11-5-8-13(15)14(16)9-11/h3-9H,2H2,1H3. The van der Waals surface area contributed by atoms with Crippen LogP contribution in [-0.4, -0.2) is 15.0 Å². The predicted octanol–water partition coefficient (Wildman–Crippen LogP) is 3.13. The molecule has 0 saturated carbocycles. The van der Waals surface area contributed by atoms with Crippen molar-refractivity contribution in [1.82, 2.24) is 0 Å². The van der Waals surface area contributed by atoms with Crippen LogP contribution in [0, 0.1) is 11.6 Å². The molecule has 0 spiro atoms. The van der Waals surface area contributed by atoms with Crippen LogP contribution >= 0.6 is 0 Å². The molecule has 112 valence electrons. The Kier molecular flexibility index (Phi) is 4.42. The minimum Gasteiger partial charge on any atom is -0.494 e. The highest BCUT2D eigenvalue weighted by molar-refractivity contribution is 7.87. The highest BCUT2D eigenvalue weighted by atomic mass is 32.2. The molecule has 0 N–H and O–H groups in total. The zero-order valence-electron chi connectivity index (χ0n) is 11.0. The Bertz CT molecular complexity index is 727. The average molecular weight is 314 g/mol. The second-order valence-electron chi connectivity index (χ2n) is 4.02. The topological polar surface area (TPSA) is 52.6 Å². The van der Waals surface area contributed by atoms with Crippen LogP contribution < -0.4 is 8.92 Å². The van der Waals surface area contributed by atoms with E-state index in [9.17, 15) is 17.2 Å². The molecule has 2 aromatic carbocycles. The van der Waals surface area contributed by atoms with E-state index in [2.05, 4.69) is 0 Å². The Hall–Kier alpha value is -2.15. The number of ether oxygens (including phenoxy) is 1. The van der Waals surface area contributed by atoms with Crippen LogP contribution in [0.5, 0.6) is 11.5 Å². The Labute approximate surface area is 121 Å². The first-order chi connectivity index (χ1) is 9.92. The van der Waals surface area contributed by atoms with Gasteiger partial charge in [-0.05, 0) is 43.3 Å². The molecule has 4 nitrogen and oxygen atoms in total. The van der Waals surface area contributed by atoms with Crippen LogP contribution in [0.2, 0.25) is 0 Å². The number of hydrogen-bond acceptors (Lipinski definition) is 4. The molecule has 0 unspecified atom stereocenters. The van der Waals surface area contributed by atoms with E-state index in [0.717, 1.165) is 12.1 Å². The first kappa shape index (κ1) is 15.2. The van der Waals surface area contributed by atoms with Crippen molar-refractivity contribution in [2.24, 2.45) is 0 Å². The largest absolute Gasteiger partial charge is 0.494 e. The van der Waals surface area contributed by atoms with Gasteiger partial charge in [-0.3, -0.25) is 0 Å². The lowest BCUT2D eigenvalue weighted by molar-refractivity contribution is 0.340. The molecular formula is C14H12F2O4S. The van der Waals surface area contributed by atoms with E-state index in [-0.39, 0.29) is 10.6 Å². The quantitative estimate of drug-likeness (QED) is 0.796. The number of rotatable bonds is 5. The first-order valence-corrected chi connectivity index (χ1v) is 7.45. The van der Waals surface area contributed by atoms with E-state index in [1.807, 2.05) is 0 Å². The summed E-state index contributed by atoms with van der Waals surface area (Å²) >= 11 is 0. The van der Waals surface area contributed by atoms with Gasteiger partial charge in [0, 0.05) is 6.07 Å². The molecule has 0 radical (unpaired) electrons. The van der Waals surface area contributed by atoms with Crippen molar-refractivity contribution in [2.75, 3.05) is 6.61 Å². The summed E-state index contributed by atoms with van der Waals surface area (Å²) in [5, 5.41) is 0. The van der Waals surface area contributed by atoms with Gasteiger partial charge in [-0.15, -0.1) is 0 Å². The molecule has 0 aliphatic heterocycles. The van der Waals surface area contributed by atoms with Crippen LogP contribution in [-0.2, 0) is 10.1 Å². The highest BCUT2D eigenvalue weighted by Crippen LogP contribution is 2.22. The molecule has 0 fully saturated rings. The lowest BCUT2D eigenvalue weighted by atomic mass is 10.3. The first-order valence-electron chi connectivity index (χ1n) is 6.05. The fourth-order valence-corrected chi connectivity index (χ4v) is 2.50. The molecule has 0 aliphatic carbocycles. The van der Waals surface area contributed by atoms with Gasteiger partial charge in [-0.1, -0.05) is 0 Å². The summed E-state index contributed by atoms with van der Waals surface area (Å²) in [6.07, 6.45) is 0. The smallest absolute Gasteiger partial charge is 0.339 e. The van der Waals surface area contributed by atoms with Crippen LogP contribution in [0.15, 0.2) is 47.4 Å². The average Bonchev–Trinajstić information content (AvgIpc) is 2.44. The van der Waals surface area contributed by atoms with Gasteiger partial charge in [0.05, 0.1) is 6.61 Å². The van der Waals surface area contributed by atoms with Crippen molar-refractivity contribution in [1.29, 1.82) is 0 Å². The molecule has 0 heterocycles. The van der Waals surface area contributed by atoms with E-state index < -0.39 is 21.8 Å². The van der Waals surface area contributed by atoms with E-state index >= 15 is 0 Å². The van der Waals surface area contributed by atoms with E-state index in [1.54, 1.807) is 6.92 Å². The summed E-state index contributed by atoms with van der Waals surface area (Å²) in [7, 11) is -4.12. The molecule has 21 heavy (non-hydrogen) atoms. The minimum atomic E-state index is -4.12. The van der Waals surface area contributed by atoms with Gasteiger partial charge in [0.1, 0.15) is 16.4 Å². The lowest BCUT2D eigenvalue weighted by Gasteiger charge is -2.08. The van der Waals surface area contributed by atoms with Gasteiger partial charge >= 0.3 is 10.1 Å². The number of hydrogen-bond donors (Lipinski definition) is 0. The normalized spacial score (nSPS) is 11.2. The van der Waals surface area contributed by atoms with Crippen molar-refractivity contribution in [2.45, 2.75) is 11.8 Å². The Morgan fingerprint density at radius 1 is 0.952 bits per heavy atom. The fraction of sp³-hybridized carbons (Fsp3) is 0.143. The molecule has 0 amide bonds. The van der Waals surface area contributed by atoms with Gasteiger partial charge < -0.3 is 8.92 Å². The maximum absolute atomic E-state index is 13.0. The summed E-state index contributed by atoms with van der Waals surface area (Å²) in [5.74, 6) is -2.05. The fourth-order valence-electron chi connectivity index (χ4n) is 1.57. The van der Waals surface area contributed by atoms with Crippen LogP contribution in [0.25, 0.3) is 0 Å². The number of benzene rings is 2. The van der Waals surface area contributed by atoms with Crippen LogP contribution in [0.3, 0.4) is 0 Å². The zero-order valence-corrected chi connectivity index (χ0v) is 11.9. The van der Waals surface area contributed by atoms with E-state index in [1.165, 1.54) is 24.3 Å². The van der Waals surface area contributed by atoms with Crippen molar-refractivity contribution in [3.05, 3.63) is 54.1 Å². The minimum absolute atomic E-state index is 0.115. The monoisotopic (exact) mass is 314 g/mol. The van der Waals surface area contributed by atoms with Crippen molar-refractivity contribution in [3.63, 3.8) is 0 Å². The van der Waals surface area contributed by atoms with Crippen molar-refractivity contribution in [3.8, 4) is 11.5 Å². The molecule has 7 heteroatoms. The van der Waals surface area contributed by atoms with Gasteiger partial charge in [0.15, 0.2) is 11.6 Å². The SMILES string of the molecule is CCOc1ccc(S(=O)(=O)Oc2ccc(F)c(F)c2)cc1. The zero-order chi connectivity index (χ0) is 15.5. The predicted molar refractivity (Wildman–Crippen MR) is 71.8 cm³/mol. The van der Waals surface area contributed by atoms with Gasteiger partial charge in [-0.25, -0.2) is 8.78 Å². The molecule has 0 bridgehead atoms. The summed E-state index contributed by atoms with van der Waals surface area (Å²) in [6, 6.07) is 8.06. The second-order valence-corrected chi connectivity index (χ2v) is 5.56. The van der Waals surface area contributed by atoms with E-state index in [0.29, 0.717) is 18.4 Å². The summed E-state index contributed by atoms with van der Waals surface area (Å²) in [6.45, 7) is 2.26. The Morgan fingerprint density at radius 3 is 2.14 bits per heavy atom. The third-order valence-corrected chi connectivity index (χ3v) is 3.78. The number of halogens is 2. The summed E-state index contributed by atoms with van der Waals surface area (Å²) < 4.78 is 59.7. The van der Waals surface area contributed by atoms with Gasteiger partial charge in [-0.2, -0.15) is 8.42 Å². The van der Waals surface area contributed by atoms with Crippen molar-refractivity contribution < 1.29 is 26.1 Å². The third kappa shape index (κ3) is 3.69. The molecule has 0 aliphatic rings. The molecule has 0 atom stereocenters. The molecule has 0 saturated heterocycles. The van der Waals surface area contributed by atoms with Crippen LogP contribution in [0.4, 0.5) is 8.78 Å². The maximum Gasteiger partial charge on any atom is 0.339 e. The lowest BCUT2D eigenvalue weighted by Crippen LogP contribution is -2.10. The summed E-state index contributed by atoms with van der Waals surface area (Å²) in [5.41, 5.74) is 0. The van der Waals surface area contributed by atoms with Gasteiger partial charge in [0.2, 0.25) is 0 Å².